The monoisotopic (exact) mass is 256 g/mol. The topological polar surface area (TPSA) is 49.7 Å². The van der Waals surface area contributed by atoms with Gasteiger partial charge in [-0.05, 0) is 42.3 Å². The highest BCUT2D eigenvalue weighted by Crippen LogP contribution is 2.48. The lowest BCUT2D eigenvalue weighted by atomic mass is 9.80. The van der Waals surface area contributed by atoms with E-state index >= 15 is 0 Å². The Balaban J connectivity index is 2.22. The summed E-state index contributed by atoms with van der Waals surface area (Å²) < 4.78 is 5.85. The Bertz CT molecular complexity index is 580. The highest BCUT2D eigenvalue weighted by molar-refractivity contribution is 5.56. The Labute approximate surface area is 112 Å². The first-order valence-electron chi connectivity index (χ1n) is 6.40. The van der Waals surface area contributed by atoms with E-state index in [9.17, 15) is 10.2 Å². The molecule has 3 heteroatoms. The molecule has 1 aliphatic heterocycles. The summed E-state index contributed by atoms with van der Waals surface area (Å²) in [6, 6.07) is 10.3. The van der Waals surface area contributed by atoms with E-state index in [-0.39, 0.29) is 17.4 Å². The third-order valence-corrected chi connectivity index (χ3v) is 3.54. The molecule has 2 aromatic rings. The smallest absolute Gasteiger partial charge is 0.131 e. The van der Waals surface area contributed by atoms with Crippen LogP contribution in [0.3, 0.4) is 0 Å². The van der Waals surface area contributed by atoms with Crippen molar-refractivity contribution in [3.63, 3.8) is 0 Å². The fourth-order valence-electron chi connectivity index (χ4n) is 2.75. The molecule has 0 fully saturated rings. The molecule has 1 heterocycles. The van der Waals surface area contributed by atoms with Crippen molar-refractivity contribution in [1.29, 1.82) is 0 Å². The third kappa shape index (κ3) is 1.91. The number of hydrogen-bond acceptors (Lipinski definition) is 3. The maximum absolute atomic E-state index is 9.69. The minimum Gasteiger partial charge on any atom is -0.508 e. The number of benzene rings is 2. The number of phenolic OH excluding ortho intramolecular Hbond substituents is 2. The van der Waals surface area contributed by atoms with Crippen LogP contribution in [0.25, 0.3) is 0 Å². The quantitative estimate of drug-likeness (QED) is 0.811. The maximum atomic E-state index is 9.69. The van der Waals surface area contributed by atoms with Gasteiger partial charge in [0.2, 0.25) is 0 Å². The summed E-state index contributed by atoms with van der Waals surface area (Å²) in [4.78, 5) is 0. The second-order valence-electron chi connectivity index (χ2n) is 5.27. The third-order valence-electron chi connectivity index (χ3n) is 3.54. The zero-order valence-corrected chi connectivity index (χ0v) is 10.9. The van der Waals surface area contributed by atoms with Gasteiger partial charge in [0.25, 0.3) is 0 Å². The van der Waals surface area contributed by atoms with Gasteiger partial charge in [-0.3, -0.25) is 0 Å². The normalized spacial score (nSPS) is 13.8. The van der Waals surface area contributed by atoms with E-state index in [0.717, 1.165) is 22.6 Å². The molecule has 0 saturated carbocycles. The van der Waals surface area contributed by atoms with Crippen molar-refractivity contribution in [1.82, 2.24) is 0 Å². The molecule has 0 unspecified atom stereocenters. The summed E-state index contributed by atoms with van der Waals surface area (Å²) in [6.45, 7) is 4.25. The van der Waals surface area contributed by atoms with Gasteiger partial charge in [-0.25, -0.2) is 0 Å². The summed E-state index contributed by atoms with van der Waals surface area (Å²) >= 11 is 0. The summed E-state index contributed by atoms with van der Waals surface area (Å²) in [5.74, 6) is 2.46. The number of aromatic hydroxyl groups is 2. The molecule has 3 nitrogen and oxygen atoms in total. The molecule has 0 bridgehead atoms. The van der Waals surface area contributed by atoms with Crippen LogP contribution < -0.4 is 4.74 Å². The van der Waals surface area contributed by atoms with Crippen LogP contribution in [0, 0.1) is 5.92 Å². The number of ether oxygens (including phenoxy) is 1. The summed E-state index contributed by atoms with van der Waals surface area (Å²) in [5, 5.41) is 19.4. The molecule has 0 atom stereocenters. The van der Waals surface area contributed by atoms with Crippen LogP contribution >= 0.6 is 0 Å². The van der Waals surface area contributed by atoms with Crippen LogP contribution in [0.15, 0.2) is 36.4 Å². The minimum absolute atomic E-state index is 0.109. The van der Waals surface area contributed by atoms with Crippen LogP contribution in [-0.4, -0.2) is 10.2 Å². The van der Waals surface area contributed by atoms with Crippen LogP contribution in [0.4, 0.5) is 0 Å². The highest BCUT2D eigenvalue weighted by Gasteiger charge is 2.30. The number of phenols is 2. The molecule has 0 spiro atoms. The number of hydrogen-bond donors (Lipinski definition) is 2. The van der Waals surface area contributed by atoms with Gasteiger partial charge >= 0.3 is 0 Å². The standard InChI is InChI=1S/C16H16O3/c1-9(2)16-12-7-10(17)3-5-14(12)19-15-6-4-11(18)8-13(15)16/h3-9,16-18H,1-2H3. The van der Waals surface area contributed by atoms with E-state index in [1.54, 1.807) is 36.4 Å². The molecule has 1 aliphatic rings. The lowest BCUT2D eigenvalue weighted by molar-refractivity contribution is 0.409. The Morgan fingerprint density at radius 2 is 1.37 bits per heavy atom. The van der Waals surface area contributed by atoms with Crippen molar-refractivity contribution < 1.29 is 14.9 Å². The van der Waals surface area contributed by atoms with E-state index in [0.29, 0.717) is 5.92 Å². The lowest BCUT2D eigenvalue weighted by Gasteiger charge is -2.31. The SMILES string of the molecule is CC(C)C1c2cc(O)ccc2Oc2ccc(O)cc21. The summed E-state index contributed by atoms with van der Waals surface area (Å²) in [6.07, 6.45) is 0. The molecule has 2 N–H and O–H groups in total. The molecular weight excluding hydrogens is 240 g/mol. The summed E-state index contributed by atoms with van der Waals surface area (Å²) in [7, 11) is 0. The molecule has 2 aromatic carbocycles. The molecule has 0 aliphatic carbocycles. The average molecular weight is 256 g/mol. The van der Waals surface area contributed by atoms with Crippen molar-refractivity contribution in [2.24, 2.45) is 5.92 Å². The van der Waals surface area contributed by atoms with Crippen molar-refractivity contribution in [2.45, 2.75) is 19.8 Å². The number of rotatable bonds is 1. The molecule has 3 rings (SSSR count). The van der Waals surface area contributed by atoms with Crippen LogP contribution in [0.1, 0.15) is 30.9 Å². The highest BCUT2D eigenvalue weighted by atomic mass is 16.5. The van der Waals surface area contributed by atoms with E-state index < -0.39 is 0 Å². The molecule has 0 saturated heterocycles. The second kappa shape index (κ2) is 4.19. The van der Waals surface area contributed by atoms with Gasteiger partial charge in [0, 0.05) is 17.0 Å². The molecule has 19 heavy (non-hydrogen) atoms. The Morgan fingerprint density at radius 3 is 1.79 bits per heavy atom. The maximum Gasteiger partial charge on any atom is 0.131 e. The summed E-state index contributed by atoms with van der Waals surface area (Å²) in [5.41, 5.74) is 1.93. The zero-order valence-electron chi connectivity index (χ0n) is 10.9. The first-order chi connectivity index (χ1) is 9.06. The van der Waals surface area contributed by atoms with Gasteiger partial charge < -0.3 is 14.9 Å². The molecular formula is C16H16O3. The first-order valence-corrected chi connectivity index (χ1v) is 6.40. The Morgan fingerprint density at radius 1 is 0.895 bits per heavy atom. The predicted molar refractivity (Wildman–Crippen MR) is 73.0 cm³/mol. The Kier molecular flexibility index (Phi) is 2.63. The van der Waals surface area contributed by atoms with Gasteiger partial charge in [-0.1, -0.05) is 13.8 Å². The van der Waals surface area contributed by atoms with Gasteiger partial charge in [0.05, 0.1) is 0 Å². The average Bonchev–Trinajstić information content (AvgIpc) is 2.35. The predicted octanol–water partition coefficient (Wildman–Crippen LogP) is 3.99. The van der Waals surface area contributed by atoms with Crippen LogP contribution in [0.2, 0.25) is 0 Å². The van der Waals surface area contributed by atoms with Crippen molar-refractivity contribution in [3.05, 3.63) is 47.5 Å². The van der Waals surface area contributed by atoms with E-state index in [1.165, 1.54) is 0 Å². The van der Waals surface area contributed by atoms with E-state index in [2.05, 4.69) is 13.8 Å². The molecule has 0 aromatic heterocycles. The molecule has 0 radical (unpaired) electrons. The fourth-order valence-corrected chi connectivity index (χ4v) is 2.75. The van der Waals surface area contributed by atoms with Crippen LogP contribution in [-0.2, 0) is 0 Å². The van der Waals surface area contributed by atoms with Gasteiger partial charge in [-0.15, -0.1) is 0 Å². The minimum atomic E-state index is 0.109. The van der Waals surface area contributed by atoms with Gasteiger partial charge in [-0.2, -0.15) is 0 Å². The Hall–Kier alpha value is -2.16. The lowest BCUT2D eigenvalue weighted by Crippen LogP contribution is -2.15. The molecule has 0 amide bonds. The van der Waals surface area contributed by atoms with Crippen LogP contribution in [0.5, 0.6) is 23.0 Å². The molecule has 98 valence electrons. The van der Waals surface area contributed by atoms with E-state index in [4.69, 9.17) is 4.74 Å². The van der Waals surface area contributed by atoms with Crippen molar-refractivity contribution in [2.75, 3.05) is 0 Å². The fraction of sp³-hybridized carbons (Fsp3) is 0.250. The van der Waals surface area contributed by atoms with Crippen molar-refractivity contribution >= 4 is 0 Å². The van der Waals surface area contributed by atoms with Gasteiger partial charge in [0.15, 0.2) is 0 Å². The van der Waals surface area contributed by atoms with Crippen molar-refractivity contribution in [3.8, 4) is 23.0 Å². The van der Waals surface area contributed by atoms with Gasteiger partial charge in [0.1, 0.15) is 23.0 Å². The second-order valence-corrected chi connectivity index (χ2v) is 5.27. The first kappa shape index (κ1) is 11.9. The zero-order chi connectivity index (χ0) is 13.6. The largest absolute Gasteiger partial charge is 0.508 e. The number of fused-ring (bicyclic) bond motifs is 2. The van der Waals surface area contributed by atoms with E-state index in [1.807, 2.05) is 0 Å².